The number of nitrogens with one attached hydrogen (secondary N) is 2. The van der Waals surface area contributed by atoms with Crippen molar-refractivity contribution in [2.75, 3.05) is 7.05 Å². The minimum absolute atomic E-state index is 0.0216. The minimum Gasteiger partial charge on any atom is -0.354 e. The van der Waals surface area contributed by atoms with Crippen LogP contribution in [-0.2, 0) is 6.18 Å². The second-order valence-electron chi connectivity index (χ2n) is 5.31. The molecule has 1 aromatic carbocycles. The summed E-state index contributed by atoms with van der Waals surface area (Å²) in [6.45, 7) is 1.63. The van der Waals surface area contributed by atoms with E-state index in [1.54, 1.807) is 6.92 Å². The van der Waals surface area contributed by atoms with Gasteiger partial charge in [0.15, 0.2) is 0 Å². The lowest BCUT2D eigenvalue weighted by atomic mass is 10.1. The number of H-pyrrole nitrogens is 1. The third-order valence-corrected chi connectivity index (χ3v) is 4.88. The zero-order valence-electron chi connectivity index (χ0n) is 13.1. The molecule has 3 rings (SSSR count). The number of hydrogen-bond acceptors (Lipinski definition) is 4. The van der Waals surface area contributed by atoms with E-state index in [-0.39, 0.29) is 22.7 Å². The number of rotatable bonds is 2. The van der Waals surface area contributed by atoms with E-state index in [9.17, 15) is 22.8 Å². The smallest absolute Gasteiger partial charge is 0.354 e. The maximum atomic E-state index is 12.9. The van der Waals surface area contributed by atoms with Gasteiger partial charge in [0.1, 0.15) is 10.7 Å². The molecule has 0 saturated heterocycles. The molecule has 0 radical (unpaired) electrons. The first-order chi connectivity index (χ1) is 11.7. The number of aryl methyl sites for hydroxylation is 1. The lowest BCUT2D eigenvalue weighted by molar-refractivity contribution is -0.137. The molecule has 0 spiro atoms. The maximum Gasteiger partial charge on any atom is 0.416 e. The van der Waals surface area contributed by atoms with E-state index in [1.807, 2.05) is 0 Å². The molecule has 0 aliphatic carbocycles. The van der Waals surface area contributed by atoms with Crippen LogP contribution in [0.5, 0.6) is 0 Å². The van der Waals surface area contributed by atoms with Gasteiger partial charge in [-0.25, -0.2) is 4.98 Å². The fourth-order valence-electron chi connectivity index (χ4n) is 2.45. The van der Waals surface area contributed by atoms with E-state index < -0.39 is 17.3 Å². The molecular formula is C16H12F3N3O2S. The van der Waals surface area contributed by atoms with Gasteiger partial charge in [0.2, 0.25) is 0 Å². The van der Waals surface area contributed by atoms with E-state index in [1.165, 1.54) is 19.2 Å². The molecule has 0 fully saturated rings. The molecule has 0 saturated carbocycles. The van der Waals surface area contributed by atoms with Crippen LogP contribution in [0.4, 0.5) is 13.2 Å². The van der Waals surface area contributed by atoms with Crippen molar-refractivity contribution in [3.05, 3.63) is 50.6 Å². The Bertz CT molecular complexity index is 1040. The monoisotopic (exact) mass is 367 g/mol. The van der Waals surface area contributed by atoms with Crippen LogP contribution in [0.3, 0.4) is 0 Å². The molecule has 1 amide bonds. The molecule has 130 valence electrons. The zero-order valence-corrected chi connectivity index (χ0v) is 13.9. The third-order valence-electron chi connectivity index (χ3n) is 3.70. The highest BCUT2D eigenvalue weighted by atomic mass is 32.1. The number of alkyl halides is 3. The van der Waals surface area contributed by atoms with E-state index in [4.69, 9.17) is 0 Å². The minimum atomic E-state index is -4.49. The Labute approximate surface area is 143 Å². The van der Waals surface area contributed by atoms with Crippen LogP contribution in [0.25, 0.3) is 21.6 Å². The van der Waals surface area contributed by atoms with Gasteiger partial charge in [-0.2, -0.15) is 13.2 Å². The number of hydrogen-bond donors (Lipinski definition) is 2. The quantitative estimate of drug-likeness (QED) is 0.730. The van der Waals surface area contributed by atoms with Crippen molar-refractivity contribution in [1.29, 1.82) is 0 Å². The maximum absolute atomic E-state index is 12.9. The van der Waals surface area contributed by atoms with Crippen LogP contribution >= 0.6 is 11.3 Å². The molecule has 2 N–H and O–H groups in total. The average molecular weight is 367 g/mol. The zero-order chi connectivity index (χ0) is 18.4. The summed E-state index contributed by atoms with van der Waals surface area (Å²) in [6, 6.07) is 4.54. The summed E-state index contributed by atoms with van der Waals surface area (Å²) in [5, 5.41) is 2.74. The Morgan fingerprint density at radius 1 is 1.32 bits per heavy atom. The van der Waals surface area contributed by atoms with Crippen LogP contribution in [-0.4, -0.2) is 22.9 Å². The lowest BCUT2D eigenvalue weighted by Crippen LogP contribution is -2.17. The first-order valence-corrected chi connectivity index (χ1v) is 7.97. The Balaban J connectivity index is 2.20. The fraction of sp³-hybridized carbons (Fsp3) is 0.188. The number of halogens is 3. The number of carbonyl (C=O) groups excluding carboxylic acids is 1. The SMILES string of the molecule is CNC(=O)c1sc2nc(-c3cccc(C(F)(F)F)c3)[nH]c(=O)c2c1C. The standard InChI is InChI=1S/C16H12F3N3O2S/c1-7-10-13(23)21-12(22-15(10)25-11(7)14(24)20-2)8-4-3-5-9(6-8)16(17,18)19/h3-6H,1-2H3,(H,20,24)(H,21,22,23). The molecule has 3 aromatic rings. The van der Waals surface area contributed by atoms with Crippen LogP contribution in [0.15, 0.2) is 29.1 Å². The highest BCUT2D eigenvalue weighted by molar-refractivity contribution is 7.20. The van der Waals surface area contributed by atoms with Crippen LogP contribution in [0.1, 0.15) is 20.8 Å². The topological polar surface area (TPSA) is 74.8 Å². The van der Waals surface area contributed by atoms with Crippen molar-refractivity contribution in [2.45, 2.75) is 13.1 Å². The van der Waals surface area contributed by atoms with Gasteiger partial charge in [0, 0.05) is 12.6 Å². The molecule has 25 heavy (non-hydrogen) atoms. The number of nitrogens with zero attached hydrogens (tertiary/aromatic N) is 1. The number of aromatic amines is 1. The summed E-state index contributed by atoms with van der Waals surface area (Å²) in [6.07, 6.45) is -4.49. The summed E-state index contributed by atoms with van der Waals surface area (Å²) in [5.41, 5.74) is -0.701. The molecule has 9 heteroatoms. The van der Waals surface area contributed by atoms with E-state index >= 15 is 0 Å². The molecule has 0 bridgehead atoms. The molecule has 0 atom stereocenters. The summed E-state index contributed by atoms with van der Waals surface area (Å²) in [4.78, 5) is 31.6. The third kappa shape index (κ3) is 3.02. The number of aromatic nitrogens is 2. The Morgan fingerprint density at radius 3 is 2.68 bits per heavy atom. The van der Waals surface area contributed by atoms with Gasteiger partial charge in [0.25, 0.3) is 11.5 Å². The lowest BCUT2D eigenvalue weighted by Gasteiger charge is -2.08. The summed E-state index contributed by atoms with van der Waals surface area (Å²) < 4.78 is 38.6. The number of amides is 1. The van der Waals surface area contributed by atoms with E-state index in [2.05, 4.69) is 15.3 Å². The van der Waals surface area contributed by atoms with Crippen molar-refractivity contribution in [3.63, 3.8) is 0 Å². The van der Waals surface area contributed by atoms with Crippen LogP contribution in [0, 0.1) is 6.92 Å². The second kappa shape index (κ2) is 5.99. The average Bonchev–Trinajstić information content (AvgIpc) is 2.90. The van der Waals surface area contributed by atoms with Gasteiger partial charge >= 0.3 is 6.18 Å². The molecule has 2 heterocycles. The first kappa shape index (κ1) is 17.2. The molecule has 5 nitrogen and oxygen atoms in total. The molecule has 0 aliphatic heterocycles. The number of thiophene rings is 1. The van der Waals surface area contributed by atoms with Crippen LogP contribution in [0.2, 0.25) is 0 Å². The van der Waals surface area contributed by atoms with Crippen molar-refractivity contribution in [3.8, 4) is 11.4 Å². The largest absolute Gasteiger partial charge is 0.416 e. The Kier molecular flexibility index (Phi) is 4.11. The van der Waals surface area contributed by atoms with Crippen molar-refractivity contribution in [1.82, 2.24) is 15.3 Å². The van der Waals surface area contributed by atoms with Crippen molar-refractivity contribution in [2.24, 2.45) is 0 Å². The molecular weight excluding hydrogens is 355 g/mol. The highest BCUT2D eigenvalue weighted by Gasteiger charge is 2.30. The van der Waals surface area contributed by atoms with Gasteiger partial charge in [-0.15, -0.1) is 11.3 Å². The van der Waals surface area contributed by atoms with E-state index in [0.717, 1.165) is 23.5 Å². The Morgan fingerprint density at radius 2 is 2.04 bits per heavy atom. The summed E-state index contributed by atoms with van der Waals surface area (Å²) in [7, 11) is 1.47. The van der Waals surface area contributed by atoms with Gasteiger partial charge < -0.3 is 10.3 Å². The van der Waals surface area contributed by atoms with Gasteiger partial charge in [-0.3, -0.25) is 9.59 Å². The number of carbonyl (C=O) groups is 1. The summed E-state index contributed by atoms with van der Waals surface area (Å²) >= 11 is 1.02. The predicted molar refractivity (Wildman–Crippen MR) is 88.8 cm³/mol. The Hall–Kier alpha value is -2.68. The highest BCUT2D eigenvalue weighted by Crippen LogP contribution is 2.32. The fourth-order valence-corrected chi connectivity index (χ4v) is 3.58. The van der Waals surface area contributed by atoms with E-state index in [0.29, 0.717) is 15.3 Å². The molecule has 0 aliphatic rings. The van der Waals surface area contributed by atoms with Gasteiger partial charge in [-0.05, 0) is 24.6 Å². The first-order valence-electron chi connectivity index (χ1n) is 7.15. The predicted octanol–water partition coefficient (Wildman–Crippen LogP) is 3.34. The number of benzene rings is 1. The van der Waals surface area contributed by atoms with Gasteiger partial charge in [0.05, 0.1) is 15.8 Å². The normalized spacial score (nSPS) is 11.7. The van der Waals surface area contributed by atoms with Crippen LogP contribution < -0.4 is 10.9 Å². The molecule has 0 unspecified atom stereocenters. The van der Waals surface area contributed by atoms with Gasteiger partial charge in [-0.1, -0.05) is 12.1 Å². The van der Waals surface area contributed by atoms with Crippen molar-refractivity contribution < 1.29 is 18.0 Å². The van der Waals surface area contributed by atoms with Crippen molar-refractivity contribution >= 4 is 27.5 Å². The molecule has 2 aromatic heterocycles. The number of fused-ring (bicyclic) bond motifs is 1. The second-order valence-corrected chi connectivity index (χ2v) is 6.31. The summed E-state index contributed by atoms with van der Waals surface area (Å²) in [5.74, 6) is -0.325.